The number of aldehydes is 2. The Morgan fingerprint density at radius 2 is 0.812 bits per heavy atom. The first-order valence-electron chi connectivity index (χ1n) is 10.6. The number of hydrogen-bond donors (Lipinski definition) is 0. The molecule has 0 radical (unpaired) electrons. The molecule has 4 heteroatoms. The van der Waals surface area contributed by atoms with Crippen LogP contribution in [-0.4, -0.2) is 24.9 Å². The van der Waals surface area contributed by atoms with E-state index in [2.05, 4.69) is 60.7 Å². The van der Waals surface area contributed by atoms with E-state index >= 15 is 0 Å². The third-order valence-electron chi connectivity index (χ3n) is 5.39. The molecule has 0 saturated carbocycles. The smallest absolute Gasteiger partial charge is 0.150 e. The van der Waals surface area contributed by atoms with E-state index in [1.54, 1.807) is 0 Å². The molecule has 2 atom stereocenters. The minimum Gasteiger partial charge on any atom is -0.298 e. The summed E-state index contributed by atoms with van der Waals surface area (Å²) in [6.07, 6.45) is 3.82. The van der Waals surface area contributed by atoms with Gasteiger partial charge in [-0.15, -0.1) is 0 Å². The summed E-state index contributed by atoms with van der Waals surface area (Å²) in [5, 5.41) is 4.78. The molecule has 0 aliphatic heterocycles. The summed E-state index contributed by atoms with van der Waals surface area (Å²) in [5.41, 5.74) is 1.53. The molecule has 0 aromatic heterocycles. The SMILES string of the molecule is O=Cc1ccccc1[P@](CC[P@@](c1ccccc1)c1ccccc1C=O)c1ccccc1. The summed E-state index contributed by atoms with van der Waals surface area (Å²) in [6, 6.07) is 36.8. The second kappa shape index (κ2) is 11.1. The first-order chi connectivity index (χ1) is 15.8. The van der Waals surface area contributed by atoms with Crippen molar-refractivity contribution >= 4 is 49.6 Å². The average molecular weight is 454 g/mol. The fourth-order valence-electron chi connectivity index (χ4n) is 3.86. The third-order valence-corrected chi connectivity index (χ3v) is 10.9. The lowest BCUT2D eigenvalue weighted by molar-refractivity contribution is 0.111. The van der Waals surface area contributed by atoms with Gasteiger partial charge in [0.1, 0.15) is 0 Å². The maximum absolute atomic E-state index is 11.8. The van der Waals surface area contributed by atoms with E-state index in [1.165, 1.54) is 10.6 Å². The quantitative estimate of drug-likeness (QED) is 0.267. The van der Waals surface area contributed by atoms with Gasteiger partial charge in [0, 0.05) is 11.1 Å². The van der Waals surface area contributed by atoms with Crippen LogP contribution in [0.15, 0.2) is 109 Å². The number of benzene rings is 4. The molecule has 2 nitrogen and oxygen atoms in total. The number of carbonyl (C=O) groups is 2. The molecule has 158 valence electrons. The van der Waals surface area contributed by atoms with Crippen molar-refractivity contribution in [2.45, 2.75) is 0 Å². The van der Waals surface area contributed by atoms with Crippen molar-refractivity contribution in [2.24, 2.45) is 0 Å². The van der Waals surface area contributed by atoms with Gasteiger partial charge in [0.25, 0.3) is 0 Å². The summed E-state index contributed by atoms with van der Waals surface area (Å²) < 4.78 is 0. The van der Waals surface area contributed by atoms with Crippen LogP contribution in [0.25, 0.3) is 0 Å². The fraction of sp³-hybridized carbons (Fsp3) is 0.0714. The molecular weight excluding hydrogens is 430 g/mol. The fourth-order valence-corrected chi connectivity index (χ4v) is 9.49. The van der Waals surface area contributed by atoms with Crippen molar-refractivity contribution in [3.63, 3.8) is 0 Å². The van der Waals surface area contributed by atoms with E-state index < -0.39 is 15.8 Å². The largest absolute Gasteiger partial charge is 0.298 e. The second-order valence-corrected chi connectivity index (χ2v) is 11.9. The molecule has 32 heavy (non-hydrogen) atoms. The maximum Gasteiger partial charge on any atom is 0.150 e. The van der Waals surface area contributed by atoms with E-state index in [0.717, 1.165) is 46.6 Å². The summed E-state index contributed by atoms with van der Waals surface area (Å²) >= 11 is 0. The molecule has 0 aliphatic rings. The molecule has 4 aromatic carbocycles. The van der Waals surface area contributed by atoms with Crippen molar-refractivity contribution in [1.82, 2.24) is 0 Å². The highest BCUT2D eigenvalue weighted by molar-refractivity contribution is 7.76. The van der Waals surface area contributed by atoms with Crippen molar-refractivity contribution in [2.75, 3.05) is 12.3 Å². The lowest BCUT2D eigenvalue weighted by atomic mass is 10.2. The Kier molecular flexibility index (Phi) is 7.73. The highest BCUT2D eigenvalue weighted by Crippen LogP contribution is 2.42. The Hall–Kier alpha value is -2.92. The molecule has 0 aliphatic carbocycles. The van der Waals surface area contributed by atoms with Gasteiger partial charge in [-0.3, -0.25) is 9.59 Å². The van der Waals surface area contributed by atoms with Crippen LogP contribution in [0.1, 0.15) is 20.7 Å². The summed E-state index contributed by atoms with van der Waals surface area (Å²) in [6.45, 7) is 0. The van der Waals surface area contributed by atoms with Crippen LogP contribution in [0.2, 0.25) is 0 Å². The highest BCUT2D eigenvalue weighted by atomic mass is 31.1. The van der Waals surface area contributed by atoms with Gasteiger partial charge in [0.05, 0.1) is 0 Å². The van der Waals surface area contributed by atoms with Gasteiger partial charge in [-0.25, -0.2) is 0 Å². The first-order valence-corrected chi connectivity index (χ1v) is 13.6. The summed E-state index contributed by atoms with van der Waals surface area (Å²) in [7, 11) is -1.42. The van der Waals surface area contributed by atoms with Crippen LogP contribution in [-0.2, 0) is 0 Å². The highest BCUT2D eigenvalue weighted by Gasteiger charge is 2.22. The zero-order valence-electron chi connectivity index (χ0n) is 17.7. The van der Waals surface area contributed by atoms with Crippen molar-refractivity contribution < 1.29 is 9.59 Å². The monoisotopic (exact) mass is 454 g/mol. The molecule has 0 heterocycles. The lowest BCUT2D eigenvalue weighted by Crippen LogP contribution is -2.23. The van der Waals surface area contributed by atoms with Crippen molar-refractivity contribution in [3.05, 3.63) is 120 Å². The normalized spacial score (nSPS) is 12.6. The summed E-state index contributed by atoms with van der Waals surface area (Å²) in [5.74, 6) is 0. The van der Waals surface area contributed by atoms with E-state index in [4.69, 9.17) is 0 Å². The van der Waals surface area contributed by atoms with Gasteiger partial charge in [-0.2, -0.15) is 0 Å². The van der Waals surface area contributed by atoms with Crippen LogP contribution in [0, 0.1) is 0 Å². The van der Waals surface area contributed by atoms with Crippen LogP contribution in [0.4, 0.5) is 0 Å². The third kappa shape index (κ3) is 5.10. The first kappa shape index (κ1) is 22.3. The van der Waals surface area contributed by atoms with E-state index in [1.807, 2.05) is 48.5 Å². The lowest BCUT2D eigenvalue weighted by Gasteiger charge is -2.25. The molecule has 0 saturated heterocycles. The van der Waals surface area contributed by atoms with Crippen LogP contribution < -0.4 is 21.2 Å². The Balaban J connectivity index is 1.74. The second-order valence-electron chi connectivity index (χ2n) is 7.33. The van der Waals surface area contributed by atoms with E-state index in [9.17, 15) is 9.59 Å². The Bertz CT molecular complexity index is 1080. The molecule has 0 bridgehead atoms. The zero-order valence-corrected chi connectivity index (χ0v) is 19.5. The molecular formula is C28H24O2P2. The van der Waals surface area contributed by atoms with Crippen molar-refractivity contribution in [3.8, 4) is 0 Å². The van der Waals surface area contributed by atoms with Gasteiger partial charge < -0.3 is 0 Å². The van der Waals surface area contributed by atoms with Gasteiger partial charge in [-0.05, 0) is 49.4 Å². The molecule has 0 spiro atoms. The predicted molar refractivity (Wildman–Crippen MR) is 139 cm³/mol. The topological polar surface area (TPSA) is 34.1 Å². The Labute approximate surface area is 191 Å². The summed E-state index contributed by atoms with van der Waals surface area (Å²) in [4.78, 5) is 23.6. The molecule has 0 N–H and O–H groups in total. The minimum atomic E-state index is -0.708. The Morgan fingerprint density at radius 3 is 1.19 bits per heavy atom. The Morgan fingerprint density at radius 1 is 0.469 bits per heavy atom. The van der Waals surface area contributed by atoms with Crippen LogP contribution >= 0.6 is 15.8 Å². The standard InChI is InChI=1S/C28H24O2P2/c29-21-23-11-7-9-17-27(23)31(25-13-3-1-4-14-25)19-20-32(26-15-5-2-6-16-26)28-18-10-8-12-24(28)22-30/h1-18,21-22H,19-20H2/t31-,32+. The van der Waals surface area contributed by atoms with Crippen LogP contribution in [0.5, 0.6) is 0 Å². The molecule has 4 rings (SSSR count). The van der Waals surface area contributed by atoms with Crippen molar-refractivity contribution in [1.29, 1.82) is 0 Å². The van der Waals surface area contributed by atoms with E-state index in [-0.39, 0.29) is 0 Å². The number of hydrogen-bond acceptors (Lipinski definition) is 2. The van der Waals surface area contributed by atoms with Crippen LogP contribution in [0.3, 0.4) is 0 Å². The molecule has 0 amide bonds. The number of rotatable bonds is 9. The minimum absolute atomic E-state index is 0.708. The van der Waals surface area contributed by atoms with E-state index in [0.29, 0.717) is 0 Å². The van der Waals surface area contributed by atoms with Gasteiger partial charge in [0.15, 0.2) is 12.6 Å². The predicted octanol–water partition coefficient (Wildman–Crippen LogP) is 4.88. The molecule has 4 aromatic rings. The average Bonchev–Trinajstić information content (AvgIpc) is 2.88. The molecule has 0 unspecified atom stereocenters. The van der Waals surface area contributed by atoms with Gasteiger partial charge >= 0.3 is 0 Å². The van der Waals surface area contributed by atoms with Gasteiger partial charge in [-0.1, -0.05) is 109 Å². The van der Waals surface area contributed by atoms with Gasteiger partial charge in [0.2, 0.25) is 0 Å². The zero-order chi connectivity index (χ0) is 22.2. The number of carbonyl (C=O) groups excluding carboxylic acids is 2. The maximum atomic E-state index is 11.8. The molecule has 0 fully saturated rings.